The summed E-state index contributed by atoms with van der Waals surface area (Å²) < 4.78 is 35.4. The molecule has 0 heterocycles. The molecule has 254 valence electrons. The molecule has 5 aromatic carbocycles. The summed E-state index contributed by atoms with van der Waals surface area (Å²) in [6, 6.07) is 42.0. The van der Waals surface area contributed by atoms with Crippen molar-refractivity contribution >= 4 is 11.9 Å². The highest BCUT2D eigenvalue weighted by Crippen LogP contribution is 2.31. The van der Waals surface area contributed by atoms with Gasteiger partial charge in [-0.1, -0.05) is 116 Å². The minimum Gasteiger partial charge on any atom is -0.489 e. The smallest absolute Gasteiger partial charge is 0.330 e. The Labute approximate surface area is 292 Å². The summed E-state index contributed by atoms with van der Waals surface area (Å²) in [6.45, 7) is 7.11. The Balaban J connectivity index is 1.20. The summed E-state index contributed by atoms with van der Waals surface area (Å²) >= 11 is 0. The number of rotatable bonds is 18. The van der Waals surface area contributed by atoms with Gasteiger partial charge < -0.3 is 28.4 Å². The van der Waals surface area contributed by atoms with Gasteiger partial charge in [0, 0.05) is 29.3 Å². The normalized spacial score (nSPS) is 11.7. The quantitative estimate of drug-likeness (QED) is 0.0682. The van der Waals surface area contributed by atoms with Gasteiger partial charge in [0.1, 0.15) is 49.4 Å². The zero-order chi connectivity index (χ0) is 35.0. The molecule has 50 heavy (non-hydrogen) atoms. The van der Waals surface area contributed by atoms with Crippen LogP contribution in [0.3, 0.4) is 0 Å². The van der Waals surface area contributed by atoms with Crippen LogP contribution in [0.2, 0.25) is 0 Å². The molecule has 0 spiro atoms. The molecule has 0 aliphatic carbocycles. The number of para-hydroxylation sites is 2. The van der Waals surface area contributed by atoms with Crippen molar-refractivity contribution in [2.24, 2.45) is 0 Å². The Morgan fingerprint density at radius 3 is 1.28 bits per heavy atom. The summed E-state index contributed by atoms with van der Waals surface area (Å²) in [6.07, 6.45) is 0.706. The Hall–Kier alpha value is -6.28. The van der Waals surface area contributed by atoms with Crippen LogP contribution in [0, 0.1) is 0 Å². The lowest BCUT2D eigenvalue weighted by Crippen LogP contribution is -2.31. The van der Waals surface area contributed by atoms with Crippen molar-refractivity contribution in [3.8, 4) is 45.3 Å². The van der Waals surface area contributed by atoms with Crippen molar-refractivity contribution in [1.82, 2.24) is 0 Å². The fourth-order valence-electron chi connectivity index (χ4n) is 4.95. The van der Waals surface area contributed by atoms with E-state index in [4.69, 9.17) is 28.4 Å². The van der Waals surface area contributed by atoms with E-state index in [0.29, 0.717) is 23.0 Å². The second-order valence-electron chi connectivity index (χ2n) is 11.0. The molecular formula is C42H38O8. The SMILES string of the molecule is C=CC(=O)OC(COc1cccc(OCC(COc2ccccc2-c2ccccc2)OC(=O)C=C)c1)COc1ccccc1-c1ccccc1. The van der Waals surface area contributed by atoms with Crippen LogP contribution in [-0.4, -0.2) is 50.6 Å². The summed E-state index contributed by atoms with van der Waals surface area (Å²) in [5.41, 5.74) is 3.83. The molecule has 0 radical (unpaired) electrons. The fourth-order valence-corrected chi connectivity index (χ4v) is 4.95. The second kappa shape index (κ2) is 18.3. The van der Waals surface area contributed by atoms with E-state index in [1.807, 2.05) is 109 Å². The van der Waals surface area contributed by atoms with Gasteiger partial charge in [-0.2, -0.15) is 0 Å². The third-order valence-electron chi connectivity index (χ3n) is 7.37. The molecule has 0 saturated carbocycles. The minimum absolute atomic E-state index is 0.00474. The zero-order valence-corrected chi connectivity index (χ0v) is 27.5. The standard InChI is InChI=1S/C42H38O8/c1-3-41(43)49-35(29-47-39-24-13-11-22-37(39)31-16-7-5-8-17-31)27-45-33-20-15-21-34(26-33)46-28-36(50-42(44)4-2)30-48-40-25-14-12-23-38(40)32-18-9-6-10-19-32/h3-26,35-36H,1-2,27-30H2. The predicted molar refractivity (Wildman–Crippen MR) is 192 cm³/mol. The Morgan fingerprint density at radius 1 is 0.480 bits per heavy atom. The van der Waals surface area contributed by atoms with Crippen molar-refractivity contribution in [3.63, 3.8) is 0 Å². The predicted octanol–water partition coefficient (Wildman–Crippen LogP) is 8.13. The van der Waals surface area contributed by atoms with Crippen molar-refractivity contribution in [2.75, 3.05) is 26.4 Å². The molecule has 0 saturated heterocycles. The van der Waals surface area contributed by atoms with Crippen LogP contribution in [0.25, 0.3) is 22.3 Å². The number of ether oxygens (including phenoxy) is 6. The maximum atomic E-state index is 12.1. The van der Waals surface area contributed by atoms with Crippen LogP contribution in [0.1, 0.15) is 0 Å². The largest absolute Gasteiger partial charge is 0.489 e. The van der Waals surface area contributed by atoms with Gasteiger partial charge in [-0.3, -0.25) is 0 Å². The van der Waals surface area contributed by atoms with Gasteiger partial charge in [0.25, 0.3) is 0 Å². The molecule has 2 unspecified atom stereocenters. The first-order valence-corrected chi connectivity index (χ1v) is 16.1. The van der Waals surface area contributed by atoms with Gasteiger partial charge in [-0.15, -0.1) is 0 Å². The van der Waals surface area contributed by atoms with Crippen LogP contribution >= 0.6 is 0 Å². The number of benzene rings is 5. The van der Waals surface area contributed by atoms with E-state index in [1.54, 1.807) is 24.3 Å². The van der Waals surface area contributed by atoms with Gasteiger partial charge in [-0.05, 0) is 35.4 Å². The van der Waals surface area contributed by atoms with Crippen LogP contribution < -0.4 is 18.9 Å². The highest BCUT2D eigenvalue weighted by molar-refractivity contribution is 5.81. The van der Waals surface area contributed by atoms with Crippen molar-refractivity contribution in [1.29, 1.82) is 0 Å². The molecule has 0 amide bonds. The van der Waals surface area contributed by atoms with Crippen molar-refractivity contribution in [3.05, 3.63) is 159 Å². The molecule has 0 bridgehead atoms. The number of esters is 2. The highest BCUT2D eigenvalue weighted by atomic mass is 16.6. The lowest BCUT2D eigenvalue weighted by molar-refractivity contribution is -0.146. The Kier molecular flexibility index (Phi) is 12.8. The molecule has 2 atom stereocenters. The number of hydrogen-bond donors (Lipinski definition) is 0. The lowest BCUT2D eigenvalue weighted by Gasteiger charge is -2.21. The molecule has 0 aliphatic rings. The van der Waals surface area contributed by atoms with Crippen LogP contribution in [0.4, 0.5) is 0 Å². The minimum atomic E-state index is -0.743. The summed E-state index contributed by atoms with van der Waals surface area (Å²) in [5.74, 6) is 1.05. The van der Waals surface area contributed by atoms with E-state index in [0.717, 1.165) is 34.4 Å². The van der Waals surface area contributed by atoms with E-state index in [2.05, 4.69) is 13.2 Å². The molecular weight excluding hydrogens is 632 g/mol. The highest BCUT2D eigenvalue weighted by Gasteiger charge is 2.19. The van der Waals surface area contributed by atoms with E-state index >= 15 is 0 Å². The molecule has 0 fully saturated rings. The average Bonchev–Trinajstić information content (AvgIpc) is 3.17. The van der Waals surface area contributed by atoms with Crippen LogP contribution in [-0.2, 0) is 19.1 Å². The summed E-state index contributed by atoms with van der Waals surface area (Å²) in [7, 11) is 0. The Bertz CT molecular complexity index is 1720. The monoisotopic (exact) mass is 670 g/mol. The molecule has 0 aliphatic heterocycles. The van der Waals surface area contributed by atoms with Gasteiger partial charge in [0.2, 0.25) is 0 Å². The lowest BCUT2D eigenvalue weighted by atomic mass is 10.1. The van der Waals surface area contributed by atoms with Crippen molar-refractivity contribution < 1.29 is 38.0 Å². The topological polar surface area (TPSA) is 89.5 Å². The Morgan fingerprint density at radius 2 is 0.860 bits per heavy atom. The summed E-state index contributed by atoms with van der Waals surface area (Å²) in [4.78, 5) is 24.3. The first-order valence-electron chi connectivity index (χ1n) is 16.1. The molecule has 0 aromatic heterocycles. The zero-order valence-electron chi connectivity index (χ0n) is 27.5. The number of carbonyl (C=O) groups excluding carboxylic acids is 2. The van der Waals surface area contributed by atoms with E-state index in [1.165, 1.54) is 0 Å². The fraction of sp³-hybridized carbons (Fsp3) is 0.143. The maximum absolute atomic E-state index is 12.1. The third-order valence-corrected chi connectivity index (χ3v) is 7.37. The molecule has 8 heteroatoms. The van der Waals surface area contributed by atoms with Gasteiger partial charge in [0.05, 0.1) is 0 Å². The van der Waals surface area contributed by atoms with Gasteiger partial charge in [0.15, 0.2) is 12.2 Å². The molecule has 5 aromatic rings. The molecule has 5 rings (SSSR count). The maximum Gasteiger partial charge on any atom is 0.330 e. The first-order chi connectivity index (χ1) is 24.5. The summed E-state index contributed by atoms with van der Waals surface area (Å²) in [5, 5.41) is 0. The second-order valence-corrected chi connectivity index (χ2v) is 11.0. The van der Waals surface area contributed by atoms with Crippen molar-refractivity contribution in [2.45, 2.75) is 12.2 Å². The van der Waals surface area contributed by atoms with Crippen LogP contribution in [0.15, 0.2) is 159 Å². The number of carbonyl (C=O) groups is 2. The average molecular weight is 671 g/mol. The van der Waals surface area contributed by atoms with E-state index in [-0.39, 0.29) is 26.4 Å². The molecule has 8 nitrogen and oxygen atoms in total. The van der Waals surface area contributed by atoms with E-state index < -0.39 is 24.1 Å². The third kappa shape index (κ3) is 10.4. The first kappa shape index (κ1) is 35.0. The van der Waals surface area contributed by atoms with Crippen LogP contribution in [0.5, 0.6) is 23.0 Å². The van der Waals surface area contributed by atoms with Gasteiger partial charge >= 0.3 is 11.9 Å². The number of hydrogen-bond acceptors (Lipinski definition) is 8. The van der Waals surface area contributed by atoms with E-state index in [9.17, 15) is 9.59 Å². The molecule has 0 N–H and O–H groups in total. The van der Waals surface area contributed by atoms with Gasteiger partial charge in [-0.25, -0.2) is 9.59 Å².